The van der Waals surface area contributed by atoms with Crippen LogP contribution < -0.4 is 0 Å². The topological polar surface area (TPSA) is 69.9 Å². The van der Waals surface area contributed by atoms with Crippen LogP contribution in [0.1, 0.15) is 48.4 Å². The van der Waals surface area contributed by atoms with Gasteiger partial charge >= 0.3 is 5.97 Å². The van der Waals surface area contributed by atoms with Crippen molar-refractivity contribution >= 4 is 28.6 Å². The molecule has 0 radical (unpaired) electrons. The number of aromatic nitrogens is 4. The van der Waals surface area contributed by atoms with Crippen molar-refractivity contribution in [2.45, 2.75) is 39.7 Å². The summed E-state index contributed by atoms with van der Waals surface area (Å²) in [6, 6.07) is 0.135. The Labute approximate surface area is 142 Å². The van der Waals surface area contributed by atoms with E-state index in [1.165, 1.54) is 0 Å². The number of ether oxygens (including phenoxy) is 1. The van der Waals surface area contributed by atoms with Crippen LogP contribution in [-0.4, -0.2) is 32.3 Å². The van der Waals surface area contributed by atoms with Crippen LogP contribution in [0, 0.1) is 3.83 Å². The van der Waals surface area contributed by atoms with Crippen LogP contribution in [0.5, 0.6) is 0 Å². The highest BCUT2D eigenvalue weighted by Gasteiger charge is 2.31. The third-order valence-electron chi connectivity index (χ3n) is 3.67. The van der Waals surface area contributed by atoms with Gasteiger partial charge in [-0.05, 0) is 39.2 Å². The van der Waals surface area contributed by atoms with Gasteiger partial charge in [-0.25, -0.2) is 14.8 Å². The second kappa shape index (κ2) is 5.94. The lowest BCUT2D eigenvalue weighted by Gasteiger charge is -2.18. The molecule has 116 valence electrons. The zero-order valence-corrected chi connectivity index (χ0v) is 14.9. The van der Waals surface area contributed by atoms with E-state index in [4.69, 9.17) is 4.74 Å². The molecule has 0 atom stereocenters. The molecule has 7 heteroatoms. The summed E-state index contributed by atoms with van der Waals surface area (Å²) >= 11 is 2.10. The van der Waals surface area contributed by atoms with E-state index in [9.17, 15) is 4.79 Å². The van der Waals surface area contributed by atoms with Crippen LogP contribution in [0.25, 0.3) is 11.4 Å². The number of fused-ring (bicyclic) bond motifs is 3. The van der Waals surface area contributed by atoms with Crippen molar-refractivity contribution in [3.63, 3.8) is 0 Å². The Balaban J connectivity index is 2.22. The average molecular weight is 412 g/mol. The van der Waals surface area contributed by atoms with Gasteiger partial charge < -0.3 is 4.74 Å². The molecule has 2 aromatic rings. The normalized spacial score (nSPS) is 13.0. The maximum absolute atomic E-state index is 12.2. The molecule has 0 N–H and O–H groups in total. The molecule has 22 heavy (non-hydrogen) atoms. The van der Waals surface area contributed by atoms with E-state index in [2.05, 4.69) is 37.7 Å². The number of nitrogens with zero attached hydrogens (tertiary/aromatic N) is 4. The standard InChI is InChI=1S/C15H17IN4O2/c1-4-22-14(21)12-10-6-5-9-7-17-15(16)18-11(9)13(10)20(19-12)8(2)3/h7-8H,4-6H2,1-3H3. The van der Waals surface area contributed by atoms with E-state index in [1.807, 2.05) is 24.7 Å². The van der Waals surface area contributed by atoms with Gasteiger partial charge in [-0.3, -0.25) is 4.68 Å². The number of esters is 1. The Kier molecular flexibility index (Phi) is 4.16. The predicted octanol–water partition coefficient (Wildman–Crippen LogP) is 2.80. The number of carbonyl (C=O) groups is 1. The largest absolute Gasteiger partial charge is 0.461 e. The fraction of sp³-hybridized carbons (Fsp3) is 0.467. The molecule has 3 rings (SSSR count). The van der Waals surface area contributed by atoms with Crippen molar-refractivity contribution in [3.05, 3.63) is 26.8 Å². The number of hydrogen-bond donors (Lipinski definition) is 0. The second-order valence-corrected chi connectivity index (χ2v) is 6.41. The molecule has 0 aliphatic heterocycles. The maximum atomic E-state index is 12.2. The third-order valence-corrected chi connectivity index (χ3v) is 4.19. The Morgan fingerprint density at radius 3 is 2.91 bits per heavy atom. The summed E-state index contributed by atoms with van der Waals surface area (Å²) in [4.78, 5) is 21.0. The number of halogens is 1. The van der Waals surface area contributed by atoms with Crippen molar-refractivity contribution in [1.82, 2.24) is 19.7 Å². The van der Waals surface area contributed by atoms with Crippen LogP contribution in [0.4, 0.5) is 0 Å². The zero-order valence-electron chi connectivity index (χ0n) is 12.8. The van der Waals surface area contributed by atoms with Gasteiger partial charge in [0.1, 0.15) is 0 Å². The van der Waals surface area contributed by atoms with Gasteiger partial charge in [-0.2, -0.15) is 5.10 Å². The number of rotatable bonds is 3. The SMILES string of the molecule is CCOC(=O)c1nn(C(C)C)c2c1CCc1cnc(I)nc1-2. The Morgan fingerprint density at radius 2 is 2.23 bits per heavy atom. The number of hydrogen-bond acceptors (Lipinski definition) is 5. The van der Waals surface area contributed by atoms with Gasteiger partial charge in [-0.1, -0.05) is 0 Å². The number of aryl methyl sites for hydroxylation is 1. The summed E-state index contributed by atoms with van der Waals surface area (Å²) in [5, 5.41) is 4.52. The molecule has 0 fully saturated rings. The summed E-state index contributed by atoms with van der Waals surface area (Å²) in [6.45, 7) is 6.23. The van der Waals surface area contributed by atoms with Crippen LogP contribution in [0.3, 0.4) is 0 Å². The lowest BCUT2D eigenvalue weighted by atomic mass is 9.93. The second-order valence-electron chi connectivity index (χ2n) is 5.45. The van der Waals surface area contributed by atoms with Crippen LogP contribution >= 0.6 is 22.6 Å². The first-order valence-electron chi connectivity index (χ1n) is 7.33. The molecule has 0 unspecified atom stereocenters. The fourth-order valence-corrected chi connectivity index (χ4v) is 3.11. The molecule has 0 aromatic carbocycles. The molecule has 6 nitrogen and oxygen atoms in total. The van der Waals surface area contributed by atoms with E-state index in [0.717, 1.165) is 35.4 Å². The highest BCUT2D eigenvalue weighted by Crippen LogP contribution is 2.35. The van der Waals surface area contributed by atoms with E-state index in [-0.39, 0.29) is 12.0 Å². The Morgan fingerprint density at radius 1 is 1.45 bits per heavy atom. The minimum atomic E-state index is -0.356. The van der Waals surface area contributed by atoms with Crippen LogP contribution in [0.15, 0.2) is 6.20 Å². The van der Waals surface area contributed by atoms with E-state index < -0.39 is 0 Å². The first-order valence-corrected chi connectivity index (χ1v) is 8.41. The molecular formula is C15H17IN4O2. The van der Waals surface area contributed by atoms with Crippen molar-refractivity contribution in [2.24, 2.45) is 0 Å². The highest BCUT2D eigenvalue weighted by molar-refractivity contribution is 14.1. The lowest BCUT2D eigenvalue weighted by Crippen LogP contribution is -2.13. The van der Waals surface area contributed by atoms with E-state index in [0.29, 0.717) is 16.1 Å². The molecule has 2 aromatic heterocycles. The molecule has 0 bridgehead atoms. The van der Waals surface area contributed by atoms with Crippen LogP contribution in [0.2, 0.25) is 0 Å². The quantitative estimate of drug-likeness (QED) is 0.441. The summed E-state index contributed by atoms with van der Waals surface area (Å²) < 4.78 is 7.72. The lowest BCUT2D eigenvalue weighted by molar-refractivity contribution is 0.0517. The number of carbonyl (C=O) groups excluding carboxylic acids is 1. The van der Waals surface area contributed by atoms with Gasteiger partial charge in [0.25, 0.3) is 0 Å². The minimum absolute atomic E-state index is 0.135. The monoisotopic (exact) mass is 412 g/mol. The minimum Gasteiger partial charge on any atom is -0.461 e. The van der Waals surface area contributed by atoms with Gasteiger partial charge in [0, 0.05) is 40.4 Å². The summed E-state index contributed by atoms with van der Waals surface area (Å²) in [5.74, 6) is -0.356. The van der Waals surface area contributed by atoms with Gasteiger partial charge in [0.2, 0.25) is 0 Å². The Bertz CT molecular complexity index is 739. The van der Waals surface area contributed by atoms with Crippen LogP contribution in [-0.2, 0) is 17.6 Å². The molecule has 0 amide bonds. The fourth-order valence-electron chi connectivity index (χ4n) is 2.73. The Hall–Kier alpha value is -1.51. The van der Waals surface area contributed by atoms with Gasteiger partial charge in [0.15, 0.2) is 9.53 Å². The van der Waals surface area contributed by atoms with E-state index in [1.54, 1.807) is 6.92 Å². The van der Waals surface area contributed by atoms with E-state index >= 15 is 0 Å². The van der Waals surface area contributed by atoms with Crippen molar-refractivity contribution in [1.29, 1.82) is 0 Å². The summed E-state index contributed by atoms with van der Waals surface area (Å²) in [7, 11) is 0. The van der Waals surface area contributed by atoms with Crippen molar-refractivity contribution in [3.8, 4) is 11.4 Å². The molecule has 0 spiro atoms. The molecule has 2 heterocycles. The van der Waals surface area contributed by atoms with Crippen molar-refractivity contribution in [2.75, 3.05) is 6.61 Å². The van der Waals surface area contributed by atoms with Gasteiger partial charge in [0.05, 0.1) is 18.0 Å². The molecule has 1 aliphatic rings. The molecular weight excluding hydrogens is 395 g/mol. The zero-order chi connectivity index (χ0) is 15.9. The molecule has 1 aliphatic carbocycles. The highest BCUT2D eigenvalue weighted by atomic mass is 127. The summed E-state index contributed by atoms with van der Waals surface area (Å²) in [5.41, 5.74) is 4.28. The predicted molar refractivity (Wildman–Crippen MR) is 89.7 cm³/mol. The smallest absolute Gasteiger partial charge is 0.359 e. The first-order chi connectivity index (χ1) is 10.5. The summed E-state index contributed by atoms with van der Waals surface area (Å²) in [6.07, 6.45) is 3.44. The average Bonchev–Trinajstić information content (AvgIpc) is 2.87. The third kappa shape index (κ3) is 2.51. The first kappa shape index (κ1) is 15.4. The maximum Gasteiger partial charge on any atom is 0.359 e. The molecule has 0 saturated heterocycles. The van der Waals surface area contributed by atoms with Crippen molar-refractivity contribution < 1.29 is 9.53 Å². The van der Waals surface area contributed by atoms with Gasteiger partial charge in [-0.15, -0.1) is 0 Å². The molecule has 0 saturated carbocycles.